The van der Waals surface area contributed by atoms with Crippen LogP contribution < -0.4 is 0 Å². The summed E-state index contributed by atoms with van der Waals surface area (Å²) in [6.45, 7) is 15.0. The molecular formula is C66H34N8. The van der Waals surface area contributed by atoms with Gasteiger partial charge in [0.15, 0.2) is 11.4 Å². The number of benzene rings is 10. The maximum atomic E-state index is 10.8. The van der Waals surface area contributed by atoms with Crippen molar-refractivity contribution in [3.8, 4) is 91.3 Å². The lowest BCUT2D eigenvalue weighted by molar-refractivity contribution is 1.16. The molecular weight excluding hydrogens is 905 g/mol. The molecule has 0 aliphatic rings. The highest BCUT2D eigenvalue weighted by molar-refractivity contribution is 6.13. The van der Waals surface area contributed by atoms with Crippen LogP contribution in [-0.2, 0) is 0 Å². The van der Waals surface area contributed by atoms with Crippen molar-refractivity contribution in [3.05, 3.63) is 251 Å². The molecule has 0 unspecified atom stereocenters. The number of rotatable bonds is 7. The summed E-state index contributed by atoms with van der Waals surface area (Å²) < 4.78 is 4.30. The monoisotopic (exact) mass is 938 g/mol. The quantitative estimate of drug-likeness (QED) is 0.148. The van der Waals surface area contributed by atoms with Crippen molar-refractivity contribution in [2.24, 2.45) is 0 Å². The molecule has 338 valence electrons. The van der Waals surface area contributed by atoms with Crippen molar-refractivity contribution < 1.29 is 0 Å². The van der Waals surface area contributed by atoms with Crippen molar-refractivity contribution in [3.63, 3.8) is 0 Å². The lowest BCUT2D eigenvalue weighted by Gasteiger charge is -2.15. The van der Waals surface area contributed by atoms with Gasteiger partial charge in [0.25, 0.3) is 0 Å². The molecule has 0 saturated carbocycles. The number of hydrogen-bond acceptors (Lipinski definition) is 4. The molecule has 2 aromatic heterocycles. The van der Waals surface area contributed by atoms with Crippen molar-refractivity contribution >= 4 is 55.0 Å². The van der Waals surface area contributed by atoms with E-state index in [1.807, 2.05) is 121 Å². The second kappa shape index (κ2) is 17.9. The third-order valence-corrected chi connectivity index (χ3v) is 13.9. The fourth-order valence-electron chi connectivity index (χ4n) is 10.2. The van der Waals surface area contributed by atoms with E-state index in [1.165, 1.54) is 0 Å². The highest BCUT2D eigenvalue weighted by Crippen LogP contribution is 2.42. The summed E-state index contributed by atoms with van der Waals surface area (Å²) in [5.41, 5.74) is 17.8. The van der Waals surface area contributed by atoms with Crippen LogP contribution in [-0.4, -0.2) is 9.13 Å². The Labute approximate surface area is 425 Å². The minimum absolute atomic E-state index is 0.482. The minimum Gasteiger partial charge on any atom is -0.308 e. The van der Waals surface area contributed by atoms with Gasteiger partial charge >= 0.3 is 0 Å². The largest absolute Gasteiger partial charge is 0.308 e. The van der Waals surface area contributed by atoms with E-state index < -0.39 is 0 Å². The number of hydrogen-bond donors (Lipinski definition) is 0. The van der Waals surface area contributed by atoms with Gasteiger partial charge in [0.2, 0.25) is 0 Å². The number of nitrogens with zero attached hydrogens (tertiary/aromatic N) is 8. The molecule has 0 radical (unpaired) electrons. The SMILES string of the molecule is [C-]#[N+]c1ccc(-c2ccc3c(c2)c2cc(-c4ccc([N+]#[C-])cc4)ccc2n3-c2cc(-c3ccc(C#N)c(-n4c5ccc(-c6ccc(C#N)cc6)cc5c5cc(-c6ccc(C#N)cc6)ccc54)c3)ccc2C#N)cc1. The first-order valence-corrected chi connectivity index (χ1v) is 23.6. The number of aromatic nitrogens is 2. The van der Waals surface area contributed by atoms with Gasteiger partial charge in [0.05, 0.1) is 81.0 Å². The Morgan fingerprint density at radius 1 is 0.284 bits per heavy atom. The molecule has 12 aromatic rings. The molecule has 0 fully saturated rings. The van der Waals surface area contributed by atoms with Gasteiger partial charge in [-0.1, -0.05) is 109 Å². The molecule has 0 amide bonds. The fraction of sp³-hybridized carbons (Fsp3) is 0. The Bertz CT molecular complexity index is 4040. The average molecular weight is 939 g/mol. The van der Waals surface area contributed by atoms with Crippen LogP contribution in [0.2, 0.25) is 0 Å². The summed E-state index contributed by atoms with van der Waals surface area (Å²) in [5.74, 6) is 0. The molecule has 0 saturated heterocycles. The normalized spacial score (nSPS) is 10.9. The van der Waals surface area contributed by atoms with Gasteiger partial charge in [0.1, 0.15) is 12.1 Å². The predicted molar refractivity (Wildman–Crippen MR) is 294 cm³/mol. The Morgan fingerprint density at radius 3 is 0.811 bits per heavy atom. The van der Waals surface area contributed by atoms with E-state index >= 15 is 0 Å². The standard InChI is InChI=1S/C66H34N8/c1-71-55-23-15-45(16-24-55)49-21-29-63-59(33-49)60-34-50(46-17-25-56(72-2)26-18-46)22-30-64(60)74(63)66-36-52(12-14-54(66)40-70)51-11-13-53(39-69)65(35-51)73-61-27-19-47(43-7-3-41(37-67)4-8-43)31-57(61)58-32-48(20-28-62(58)73)44-9-5-42(38-68)6-10-44/h3-36H. The molecule has 0 N–H and O–H groups in total. The zero-order valence-corrected chi connectivity index (χ0v) is 39.2. The van der Waals surface area contributed by atoms with E-state index in [0.29, 0.717) is 45.0 Å². The second-order valence-corrected chi connectivity index (χ2v) is 18.0. The molecule has 2 heterocycles. The van der Waals surface area contributed by atoms with Crippen molar-refractivity contribution in [2.75, 3.05) is 0 Å². The van der Waals surface area contributed by atoms with Gasteiger partial charge in [-0.15, -0.1) is 0 Å². The van der Waals surface area contributed by atoms with Gasteiger partial charge in [-0.3, -0.25) is 0 Å². The van der Waals surface area contributed by atoms with E-state index in [4.69, 9.17) is 13.1 Å². The van der Waals surface area contributed by atoms with Crippen LogP contribution in [0, 0.1) is 58.5 Å². The van der Waals surface area contributed by atoms with Crippen molar-refractivity contribution in [1.82, 2.24) is 9.13 Å². The molecule has 74 heavy (non-hydrogen) atoms. The fourth-order valence-corrected chi connectivity index (χ4v) is 10.2. The summed E-state index contributed by atoms with van der Waals surface area (Å²) in [6, 6.07) is 76.6. The first kappa shape index (κ1) is 44.0. The van der Waals surface area contributed by atoms with E-state index in [9.17, 15) is 21.0 Å². The summed E-state index contributed by atoms with van der Waals surface area (Å²) in [6.07, 6.45) is 0. The predicted octanol–water partition coefficient (Wildman–Crippen LogP) is 16.8. The van der Waals surface area contributed by atoms with Gasteiger partial charge in [-0.2, -0.15) is 21.0 Å². The molecule has 12 rings (SSSR count). The zero-order valence-electron chi connectivity index (χ0n) is 39.2. The van der Waals surface area contributed by atoms with Crippen LogP contribution in [0.5, 0.6) is 0 Å². The molecule has 10 aromatic carbocycles. The Morgan fingerprint density at radius 2 is 0.541 bits per heavy atom. The van der Waals surface area contributed by atoms with Gasteiger partial charge in [0, 0.05) is 21.5 Å². The summed E-state index contributed by atoms with van der Waals surface area (Å²) in [5, 5.41) is 44.5. The molecule has 0 bridgehead atoms. The first-order valence-electron chi connectivity index (χ1n) is 23.6. The van der Waals surface area contributed by atoms with E-state index in [1.54, 1.807) is 0 Å². The average Bonchev–Trinajstić information content (AvgIpc) is 3.98. The third kappa shape index (κ3) is 7.44. The maximum absolute atomic E-state index is 10.8. The second-order valence-electron chi connectivity index (χ2n) is 18.0. The molecule has 0 spiro atoms. The topological polar surface area (TPSA) is 114 Å². The number of nitriles is 4. The zero-order chi connectivity index (χ0) is 50.5. The molecule has 0 aliphatic carbocycles. The van der Waals surface area contributed by atoms with Gasteiger partial charge in [-0.05, 0) is 153 Å². The van der Waals surface area contributed by atoms with E-state index in [-0.39, 0.29) is 0 Å². The van der Waals surface area contributed by atoms with Crippen molar-refractivity contribution in [2.45, 2.75) is 0 Å². The highest BCUT2D eigenvalue weighted by Gasteiger charge is 2.21. The van der Waals surface area contributed by atoms with E-state index in [2.05, 4.69) is 128 Å². The molecule has 0 atom stereocenters. The molecule has 0 aliphatic heterocycles. The van der Waals surface area contributed by atoms with Crippen LogP contribution in [0.4, 0.5) is 11.4 Å². The van der Waals surface area contributed by atoms with E-state index in [0.717, 1.165) is 99.2 Å². The van der Waals surface area contributed by atoms with Gasteiger partial charge in [-0.25, -0.2) is 9.69 Å². The summed E-state index contributed by atoms with van der Waals surface area (Å²) >= 11 is 0. The van der Waals surface area contributed by atoms with Gasteiger partial charge < -0.3 is 9.13 Å². The minimum atomic E-state index is 0.482. The Kier molecular flexibility index (Phi) is 10.7. The summed E-state index contributed by atoms with van der Waals surface area (Å²) in [4.78, 5) is 7.17. The molecule has 8 heteroatoms. The Balaban J connectivity index is 1.04. The maximum Gasteiger partial charge on any atom is 0.187 e. The Hall–Kier alpha value is -11.3. The lowest BCUT2D eigenvalue weighted by Crippen LogP contribution is -2.00. The van der Waals surface area contributed by atoms with Crippen LogP contribution >= 0.6 is 0 Å². The van der Waals surface area contributed by atoms with Crippen molar-refractivity contribution in [1.29, 1.82) is 21.0 Å². The lowest BCUT2D eigenvalue weighted by atomic mass is 9.99. The molecule has 8 nitrogen and oxygen atoms in total. The third-order valence-electron chi connectivity index (χ3n) is 13.9. The van der Waals surface area contributed by atoms with Crippen LogP contribution in [0.1, 0.15) is 22.3 Å². The van der Waals surface area contributed by atoms with Crippen LogP contribution in [0.15, 0.2) is 206 Å². The number of fused-ring (bicyclic) bond motifs is 6. The van der Waals surface area contributed by atoms with Crippen LogP contribution in [0.3, 0.4) is 0 Å². The van der Waals surface area contributed by atoms with Crippen LogP contribution in [0.25, 0.3) is 120 Å². The summed E-state index contributed by atoms with van der Waals surface area (Å²) in [7, 11) is 0. The smallest absolute Gasteiger partial charge is 0.187 e. The first-order chi connectivity index (χ1) is 36.4. The highest BCUT2D eigenvalue weighted by atomic mass is 15.0.